The van der Waals surface area contributed by atoms with Crippen LogP contribution < -0.4 is 4.57 Å². The summed E-state index contributed by atoms with van der Waals surface area (Å²) in [5.41, 5.74) is 6.86. The highest BCUT2D eigenvalue weighted by Gasteiger charge is 2.27. The summed E-state index contributed by atoms with van der Waals surface area (Å²) in [6, 6.07) is 32.0. The molecule has 0 N–H and O–H groups in total. The summed E-state index contributed by atoms with van der Waals surface area (Å²) in [4.78, 5) is 0. The number of nitrogens with zero attached hydrogens (tertiary/aromatic N) is 1. The van der Waals surface area contributed by atoms with Crippen LogP contribution in [0.15, 0.2) is 106 Å². The topological polar surface area (TPSA) is 30.2 Å². The van der Waals surface area contributed by atoms with Crippen LogP contribution in [0.4, 0.5) is 0 Å². The van der Waals surface area contributed by atoms with Gasteiger partial charge in [-0.1, -0.05) is 72.8 Å². The quantitative estimate of drug-likeness (QED) is 0.228. The Labute approximate surface area is 206 Å². The Kier molecular flexibility index (Phi) is 3.80. The van der Waals surface area contributed by atoms with Gasteiger partial charge in [0.05, 0.1) is 5.56 Å². The normalized spacial score (nSPS) is 12.2. The Morgan fingerprint density at radius 3 is 2.11 bits per heavy atom. The zero-order valence-corrected chi connectivity index (χ0v) is 20.0. The van der Waals surface area contributed by atoms with Crippen molar-refractivity contribution in [2.45, 2.75) is 6.92 Å². The maximum absolute atomic E-state index is 6.73. The molecule has 3 heterocycles. The van der Waals surface area contributed by atoms with E-state index in [4.69, 9.17) is 8.83 Å². The lowest BCUT2D eigenvalue weighted by Gasteiger charge is -2.06. The van der Waals surface area contributed by atoms with E-state index < -0.39 is 0 Å². The highest BCUT2D eigenvalue weighted by Crippen LogP contribution is 2.43. The fourth-order valence-electron chi connectivity index (χ4n) is 5.90. The van der Waals surface area contributed by atoms with Crippen LogP contribution in [-0.2, 0) is 7.05 Å². The summed E-state index contributed by atoms with van der Waals surface area (Å²) < 4.78 is 15.5. The van der Waals surface area contributed by atoms with Crippen molar-refractivity contribution >= 4 is 65.4 Å². The molecule has 3 nitrogen and oxygen atoms in total. The molecule has 0 aliphatic carbocycles. The Balaban J connectivity index is 1.54. The minimum atomic E-state index is 0.882. The molecule has 8 aromatic rings. The van der Waals surface area contributed by atoms with Crippen molar-refractivity contribution in [3.05, 3.63) is 103 Å². The Bertz CT molecular complexity index is 2160. The molecule has 0 spiro atoms. The van der Waals surface area contributed by atoms with E-state index >= 15 is 0 Å². The van der Waals surface area contributed by atoms with Crippen molar-refractivity contribution in [2.24, 2.45) is 7.05 Å². The van der Waals surface area contributed by atoms with E-state index in [0.29, 0.717) is 0 Å². The van der Waals surface area contributed by atoms with Crippen molar-refractivity contribution in [2.75, 3.05) is 0 Å². The van der Waals surface area contributed by atoms with Crippen LogP contribution in [0.25, 0.3) is 76.7 Å². The van der Waals surface area contributed by atoms with Crippen LogP contribution >= 0.6 is 0 Å². The Hall–Kier alpha value is -4.63. The first-order valence-electron chi connectivity index (χ1n) is 12.3. The van der Waals surface area contributed by atoms with Crippen molar-refractivity contribution in [1.29, 1.82) is 0 Å². The van der Waals surface area contributed by atoms with E-state index in [2.05, 4.69) is 116 Å². The zero-order valence-electron chi connectivity index (χ0n) is 20.0. The van der Waals surface area contributed by atoms with Gasteiger partial charge in [0, 0.05) is 33.0 Å². The van der Waals surface area contributed by atoms with Gasteiger partial charge in [-0.25, -0.2) is 0 Å². The second kappa shape index (κ2) is 6.96. The summed E-state index contributed by atoms with van der Waals surface area (Å²) in [5.74, 6) is 0. The molecule has 3 aromatic heterocycles. The van der Waals surface area contributed by atoms with Gasteiger partial charge in [0.2, 0.25) is 5.58 Å². The van der Waals surface area contributed by atoms with Gasteiger partial charge in [0.15, 0.2) is 6.20 Å². The number of fused-ring (bicyclic) bond motifs is 10. The van der Waals surface area contributed by atoms with Gasteiger partial charge >= 0.3 is 0 Å². The molecule has 0 unspecified atom stereocenters. The van der Waals surface area contributed by atoms with Crippen LogP contribution in [-0.4, -0.2) is 0 Å². The molecule has 0 radical (unpaired) electrons. The molecule has 8 rings (SSSR count). The number of hydrogen-bond acceptors (Lipinski definition) is 2. The minimum Gasteiger partial charge on any atom is -0.454 e. The van der Waals surface area contributed by atoms with Gasteiger partial charge in [-0.05, 0) is 40.8 Å². The number of pyridine rings is 1. The van der Waals surface area contributed by atoms with Gasteiger partial charge in [0.1, 0.15) is 23.8 Å². The largest absolute Gasteiger partial charge is 0.454 e. The maximum atomic E-state index is 6.73. The zero-order chi connectivity index (χ0) is 24.0. The summed E-state index contributed by atoms with van der Waals surface area (Å²) in [5, 5.41) is 9.26. The second-order valence-corrected chi connectivity index (χ2v) is 9.68. The number of aryl methyl sites for hydroxylation is 2. The molecule has 0 bridgehead atoms. The maximum Gasteiger partial charge on any atom is 0.260 e. The fraction of sp³-hybridized carbons (Fsp3) is 0.0606. The number of aromatic nitrogens is 1. The van der Waals surface area contributed by atoms with Gasteiger partial charge in [-0.3, -0.25) is 0 Å². The summed E-state index contributed by atoms with van der Waals surface area (Å²) >= 11 is 0. The lowest BCUT2D eigenvalue weighted by Crippen LogP contribution is -2.30. The predicted molar refractivity (Wildman–Crippen MR) is 147 cm³/mol. The van der Waals surface area contributed by atoms with Crippen molar-refractivity contribution < 1.29 is 13.4 Å². The average molecular weight is 465 g/mol. The smallest absolute Gasteiger partial charge is 0.260 e. The first-order chi connectivity index (χ1) is 17.7. The Morgan fingerprint density at radius 2 is 1.25 bits per heavy atom. The van der Waals surface area contributed by atoms with Crippen molar-refractivity contribution in [1.82, 2.24) is 0 Å². The summed E-state index contributed by atoms with van der Waals surface area (Å²) in [7, 11) is 2.08. The van der Waals surface area contributed by atoms with Crippen LogP contribution in [0.5, 0.6) is 0 Å². The average Bonchev–Trinajstić information content (AvgIpc) is 3.48. The van der Waals surface area contributed by atoms with Crippen molar-refractivity contribution in [3.63, 3.8) is 0 Å². The third kappa shape index (κ3) is 2.49. The fourth-order valence-corrected chi connectivity index (χ4v) is 5.90. The van der Waals surface area contributed by atoms with E-state index in [1.165, 1.54) is 16.2 Å². The molecule has 0 fully saturated rings. The molecule has 0 aliphatic heterocycles. The van der Waals surface area contributed by atoms with E-state index in [0.717, 1.165) is 66.1 Å². The highest BCUT2D eigenvalue weighted by atomic mass is 16.3. The van der Waals surface area contributed by atoms with E-state index in [-0.39, 0.29) is 0 Å². The third-order valence-corrected chi connectivity index (χ3v) is 7.63. The number of benzene rings is 5. The molecule has 5 aromatic carbocycles. The van der Waals surface area contributed by atoms with E-state index in [9.17, 15) is 0 Å². The monoisotopic (exact) mass is 464 g/mol. The third-order valence-electron chi connectivity index (χ3n) is 7.63. The second-order valence-electron chi connectivity index (χ2n) is 9.68. The number of furan rings is 2. The van der Waals surface area contributed by atoms with Gasteiger partial charge in [-0.15, -0.1) is 0 Å². The van der Waals surface area contributed by atoms with E-state index in [1.807, 2.05) is 0 Å². The molecule has 0 saturated carbocycles. The van der Waals surface area contributed by atoms with Crippen molar-refractivity contribution in [3.8, 4) is 11.3 Å². The summed E-state index contributed by atoms with van der Waals surface area (Å²) in [6.45, 7) is 2.15. The molecule has 36 heavy (non-hydrogen) atoms. The molecule has 170 valence electrons. The first kappa shape index (κ1) is 19.7. The molecular weight excluding hydrogens is 442 g/mol. The van der Waals surface area contributed by atoms with Gasteiger partial charge in [0.25, 0.3) is 5.69 Å². The SMILES string of the molecule is Cc1ccc2c(oc3c4ccccc4ccc23)c1-c1c2oc3ccc4ccccc4c3c2cc[n+]1C. The van der Waals surface area contributed by atoms with E-state index in [1.54, 1.807) is 0 Å². The van der Waals surface area contributed by atoms with Gasteiger partial charge < -0.3 is 8.83 Å². The first-order valence-corrected chi connectivity index (χ1v) is 12.3. The number of rotatable bonds is 1. The minimum absolute atomic E-state index is 0.882. The standard InChI is InChI=1S/C33H22NO2/c1-19-11-14-25-24-15-12-21-8-4-6-10-23(21)31(24)36-32(25)28(19)30-33-26(17-18-34(30)2)29-22-9-5-3-7-20(22)13-16-27(29)35-33/h3-18H,1-2H3/q+1. The molecule has 0 atom stereocenters. The molecule has 0 aliphatic rings. The molecular formula is C33H22NO2+. The van der Waals surface area contributed by atoms with Crippen LogP contribution in [0.1, 0.15) is 5.56 Å². The van der Waals surface area contributed by atoms with Crippen LogP contribution in [0, 0.1) is 6.92 Å². The molecule has 0 saturated heterocycles. The summed E-state index contributed by atoms with van der Waals surface area (Å²) in [6.07, 6.45) is 2.13. The highest BCUT2D eigenvalue weighted by molar-refractivity contribution is 6.22. The predicted octanol–water partition coefficient (Wildman–Crippen LogP) is 8.59. The lowest BCUT2D eigenvalue weighted by atomic mass is 9.98. The number of hydrogen-bond donors (Lipinski definition) is 0. The van der Waals surface area contributed by atoms with Crippen LogP contribution in [0.3, 0.4) is 0 Å². The van der Waals surface area contributed by atoms with Crippen LogP contribution in [0.2, 0.25) is 0 Å². The molecule has 3 heteroatoms. The molecule has 0 amide bonds. The Morgan fingerprint density at radius 1 is 0.556 bits per heavy atom. The lowest BCUT2D eigenvalue weighted by molar-refractivity contribution is -0.659. The van der Waals surface area contributed by atoms with Gasteiger partial charge in [-0.2, -0.15) is 4.57 Å².